The molecule has 1 aliphatic rings. The summed E-state index contributed by atoms with van der Waals surface area (Å²) >= 11 is 0. The Bertz CT molecular complexity index is 373. The maximum atomic E-state index is 5.86. The van der Waals surface area contributed by atoms with Crippen LogP contribution >= 0.6 is 0 Å². The summed E-state index contributed by atoms with van der Waals surface area (Å²) in [6.07, 6.45) is 2.92. The predicted octanol–water partition coefficient (Wildman–Crippen LogP) is 0.901. The van der Waals surface area contributed by atoms with E-state index < -0.39 is 0 Å². The molecule has 1 fully saturated rings. The molecule has 0 spiro atoms. The number of rotatable bonds is 5. The zero-order valence-electron chi connectivity index (χ0n) is 10.8. The van der Waals surface area contributed by atoms with Crippen molar-refractivity contribution in [3.05, 3.63) is 23.9 Å². The van der Waals surface area contributed by atoms with Gasteiger partial charge in [-0.15, -0.1) is 0 Å². The third-order valence-electron chi connectivity index (χ3n) is 3.19. The molecule has 100 valence electrons. The van der Waals surface area contributed by atoms with E-state index in [2.05, 4.69) is 9.88 Å². The second-order valence-corrected chi connectivity index (χ2v) is 4.56. The second-order valence-electron chi connectivity index (χ2n) is 4.56. The van der Waals surface area contributed by atoms with Crippen LogP contribution in [0, 0.1) is 0 Å². The van der Waals surface area contributed by atoms with E-state index >= 15 is 0 Å². The summed E-state index contributed by atoms with van der Waals surface area (Å²) in [6.45, 7) is 4.23. The fourth-order valence-corrected chi connectivity index (χ4v) is 2.17. The summed E-state index contributed by atoms with van der Waals surface area (Å²) in [6, 6.07) is 3.95. The molecule has 1 atom stereocenters. The normalized spacial score (nSPS) is 21.1. The van der Waals surface area contributed by atoms with Crippen molar-refractivity contribution in [2.75, 3.05) is 39.1 Å². The van der Waals surface area contributed by atoms with Crippen LogP contribution in [0.15, 0.2) is 18.3 Å². The number of ether oxygens (including phenoxy) is 2. The highest BCUT2D eigenvalue weighted by Crippen LogP contribution is 2.15. The highest BCUT2D eigenvalue weighted by molar-refractivity contribution is 5.38. The van der Waals surface area contributed by atoms with E-state index in [1.165, 1.54) is 0 Å². The molecule has 0 aromatic carbocycles. The SMILES string of the molecule is COCCC1CN(Cc2cccnc2N)CCO1. The Kier molecular flexibility index (Phi) is 4.92. The van der Waals surface area contributed by atoms with E-state index in [1.54, 1.807) is 13.3 Å². The van der Waals surface area contributed by atoms with E-state index in [0.717, 1.165) is 44.8 Å². The average molecular weight is 251 g/mol. The summed E-state index contributed by atoms with van der Waals surface area (Å²) in [5.74, 6) is 0.623. The van der Waals surface area contributed by atoms with Crippen molar-refractivity contribution in [1.29, 1.82) is 0 Å². The van der Waals surface area contributed by atoms with Gasteiger partial charge in [-0.05, 0) is 12.5 Å². The van der Waals surface area contributed by atoms with Gasteiger partial charge in [0.15, 0.2) is 0 Å². The largest absolute Gasteiger partial charge is 0.385 e. The second kappa shape index (κ2) is 6.68. The minimum atomic E-state index is 0.261. The zero-order valence-corrected chi connectivity index (χ0v) is 10.8. The Labute approximate surface area is 108 Å². The van der Waals surface area contributed by atoms with Crippen molar-refractivity contribution >= 4 is 5.82 Å². The molecule has 2 heterocycles. The van der Waals surface area contributed by atoms with Gasteiger partial charge in [0.1, 0.15) is 5.82 Å². The van der Waals surface area contributed by atoms with Gasteiger partial charge in [-0.2, -0.15) is 0 Å². The Hall–Kier alpha value is -1.17. The number of methoxy groups -OCH3 is 1. The number of hydrogen-bond donors (Lipinski definition) is 1. The van der Waals surface area contributed by atoms with Crippen molar-refractivity contribution in [2.24, 2.45) is 0 Å². The Morgan fingerprint density at radius 2 is 2.50 bits per heavy atom. The molecule has 2 rings (SSSR count). The van der Waals surface area contributed by atoms with Gasteiger partial charge in [0, 0.05) is 45.1 Å². The Balaban J connectivity index is 1.87. The van der Waals surface area contributed by atoms with Gasteiger partial charge in [0.25, 0.3) is 0 Å². The van der Waals surface area contributed by atoms with Gasteiger partial charge in [0.05, 0.1) is 12.7 Å². The molecule has 18 heavy (non-hydrogen) atoms. The standard InChI is InChI=1S/C13H21N3O2/c1-17-7-4-12-10-16(6-8-18-12)9-11-3-2-5-15-13(11)14/h2-3,5,12H,4,6-10H2,1H3,(H2,14,15). The van der Waals surface area contributed by atoms with Crippen LogP contribution in [0.3, 0.4) is 0 Å². The van der Waals surface area contributed by atoms with Crippen molar-refractivity contribution in [3.8, 4) is 0 Å². The van der Waals surface area contributed by atoms with Crippen LogP contribution in [-0.2, 0) is 16.0 Å². The zero-order chi connectivity index (χ0) is 12.8. The summed E-state index contributed by atoms with van der Waals surface area (Å²) in [4.78, 5) is 6.47. The van der Waals surface area contributed by atoms with Crippen molar-refractivity contribution in [3.63, 3.8) is 0 Å². The van der Waals surface area contributed by atoms with Crippen LogP contribution in [-0.4, -0.2) is 49.4 Å². The Morgan fingerprint density at radius 3 is 3.28 bits per heavy atom. The number of morpholine rings is 1. The van der Waals surface area contributed by atoms with E-state index in [-0.39, 0.29) is 6.10 Å². The summed E-state index contributed by atoms with van der Waals surface area (Å²) in [5, 5.41) is 0. The minimum absolute atomic E-state index is 0.261. The molecule has 0 radical (unpaired) electrons. The van der Waals surface area contributed by atoms with Gasteiger partial charge in [-0.1, -0.05) is 6.07 Å². The lowest BCUT2D eigenvalue weighted by Gasteiger charge is -2.33. The fourth-order valence-electron chi connectivity index (χ4n) is 2.17. The summed E-state index contributed by atoms with van der Waals surface area (Å²) < 4.78 is 10.8. The number of anilines is 1. The quantitative estimate of drug-likeness (QED) is 0.842. The molecule has 0 amide bonds. The Morgan fingerprint density at radius 1 is 1.61 bits per heavy atom. The van der Waals surface area contributed by atoms with Crippen molar-refractivity contribution in [2.45, 2.75) is 19.1 Å². The summed E-state index contributed by atoms with van der Waals surface area (Å²) in [7, 11) is 1.72. The van der Waals surface area contributed by atoms with Crippen molar-refractivity contribution in [1.82, 2.24) is 9.88 Å². The lowest BCUT2D eigenvalue weighted by Crippen LogP contribution is -2.42. The molecule has 1 unspecified atom stereocenters. The lowest BCUT2D eigenvalue weighted by molar-refractivity contribution is -0.0432. The van der Waals surface area contributed by atoms with Crippen LogP contribution in [0.5, 0.6) is 0 Å². The van der Waals surface area contributed by atoms with E-state index in [1.807, 2.05) is 12.1 Å². The first-order chi connectivity index (χ1) is 8.79. The van der Waals surface area contributed by atoms with Gasteiger partial charge in [0.2, 0.25) is 0 Å². The van der Waals surface area contributed by atoms with Gasteiger partial charge in [-0.3, -0.25) is 4.90 Å². The lowest BCUT2D eigenvalue weighted by atomic mass is 10.2. The predicted molar refractivity (Wildman–Crippen MR) is 70.2 cm³/mol. The highest BCUT2D eigenvalue weighted by atomic mass is 16.5. The maximum absolute atomic E-state index is 5.86. The molecule has 0 saturated carbocycles. The average Bonchev–Trinajstić information content (AvgIpc) is 2.40. The van der Waals surface area contributed by atoms with Crippen LogP contribution in [0.1, 0.15) is 12.0 Å². The van der Waals surface area contributed by atoms with Crippen LogP contribution in [0.2, 0.25) is 0 Å². The van der Waals surface area contributed by atoms with Gasteiger partial charge < -0.3 is 15.2 Å². The maximum Gasteiger partial charge on any atom is 0.127 e. The first-order valence-corrected chi connectivity index (χ1v) is 6.32. The number of nitrogen functional groups attached to an aromatic ring is 1. The third-order valence-corrected chi connectivity index (χ3v) is 3.19. The van der Waals surface area contributed by atoms with Crippen LogP contribution in [0.4, 0.5) is 5.82 Å². The number of nitrogens with zero attached hydrogens (tertiary/aromatic N) is 2. The highest BCUT2D eigenvalue weighted by Gasteiger charge is 2.20. The van der Waals surface area contributed by atoms with E-state index in [4.69, 9.17) is 15.2 Å². The molecule has 1 aromatic heterocycles. The number of aromatic nitrogens is 1. The number of nitrogens with two attached hydrogens (primary N) is 1. The molecule has 1 saturated heterocycles. The molecule has 2 N–H and O–H groups in total. The van der Waals surface area contributed by atoms with Crippen LogP contribution in [0.25, 0.3) is 0 Å². The smallest absolute Gasteiger partial charge is 0.127 e. The van der Waals surface area contributed by atoms with Gasteiger partial charge in [-0.25, -0.2) is 4.98 Å². The minimum Gasteiger partial charge on any atom is -0.385 e. The monoisotopic (exact) mass is 251 g/mol. The molecule has 5 nitrogen and oxygen atoms in total. The molecule has 1 aromatic rings. The molecule has 0 bridgehead atoms. The third kappa shape index (κ3) is 3.66. The first kappa shape index (κ1) is 13.3. The molecule has 5 heteroatoms. The van der Waals surface area contributed by atoms with E-state index in [0.29, 0.717) is 5.82 Å². The number of hydrogen-bond acceptors (Lipinski definition) is 5. The van der Waals surface area contributed by atoms with Crippen LogP contribution < -0.4 is 5.73 Å². The molecule has 0 aliphatic carbocycles. The molecular formula is C13H21N3O2. The topological polar surface area (TPSA) is 60.6 Å². The van der Waals surface area contributed by atoms with Crippen molar-refractivity contribution < 1.29 is 9.47 Å². The molecular weight excluding hydrogens is 230 g/mol. The first-order valence-electron chi connectivity index (χ1n) is 6.32. The fraction of sp³-hybridized carbons (Fsp3) is 0.615. The van der Waals surface area contributed by atoms with Gasteiger partial charge >= 0.3 is 0 Å². The summed E-state index contributed by atoms with van der Waals surface area (Å²) in [5.41, 5.74) is 6.95. The molecule has 1 aliphatic heterocycles. The number of pyridine rings is 1. The van der Waals surface area contributed by atoms with E-state index in [9.17, 15) is 0 Å².